The van der Waals surface area contributed by atoms with E-state index >= 15 is 0 Å². The molecule has 0 aliphatic rings. The van der Waals surface area contributed by atoms with Crippen molar-refractivity contribution in [2.75, 3.05) is 0 Å². The maximum absolute atomic E-state index is 5.67. The molecule has 0 amide bonds. The van der Waals surface area contributed by atoms with Gasteiger partial charge in [0.1, 0.15) is 11.7 Å². The first-order valence-electron chi connectivity index (χ1n) is 4.01. The first-order chi connectivity index (χ1) is 5.68. The first-order valence-corrected chi connectivity index (χ1v) is 4.01. The summed E-state index contributed by atoms with van der Waals surface area (Å²) in [6.45, 7) is 4.21. The normalized spacial score (nSPS) is 12.4. The average molecular weight is 166 g/mol. The Labute approximate surface area is 71.9 Å². The van der Waals surface area contributed by atoms with Gasteiger partial charge in [0.25, 0.3) is 0 Å². The van der Waals surface area contributed by atoms with Gasteiger partial charge in [-0.2, -0.15) is 5.10 Å². The molecule has 0 atom stereocenters. The number of aromatic nitrogens is 2. The average Bonchev–Trinajstić information content (AvgIpc) is 2.37. The summed E-state index contributed by atoms with van der Waals surface area (Å²) < 4.78 is 0. The maximum atomic E-state index is 5.67. The minimum atomic E-state index is 0.539. The highest BCUT2D eigenvalue weighted by Gasteiger charge is 1.98. The van der Waals surface area contributed by atoms with E-state index in [1.807, 2.05) is 0 Å². The highest BCUT2D eigenvalue weighted by molar-refractivity contribution is 5.82. The van der Waals surface area contributed by atoms with E-state index in [1.54, 1.807) is 12.3 Å². The van der Waals surface area contributed by atoms with Crippen molar-refractivity contribution < 1.29 is 0 Å². The van der Waals surface area contributed by atoms with Crippen molar-refractivity contribution in [3.05, 3.63) is 12.3 Å². The van der Waals surface area contributed by atoms with Crippen molar-refractivity contribution in [3.8, 4) is 0 Å². The van der Waals surface area contributed by atoms with E-state index in [-0.39, 0.29) is 0 Å². The number of nitrogens with one attached hydrogen (secondary N) is 1. The molecule has 0 unspecified atom stereocenters. The molecule has 12 heavy (non-hydrogen) atoms. The van der Waals surface area contributed by atoms with Gasteiger partial charge in [-0.25, -0.2) is 4.99 Å². The molecule has 3 N–H and O–H groups in total. The number of nitrogens with two attached hydrogens (primary N) is 1. The van der Waals surface area contributed by atoms with Crippen molar-refractivity contribution >= 4 is 11.7 Å². The van der Waals surface area contributed by atoms with Gasteiger partial charge < -0.3 is 5.73 Å². The van der Waals surface area contributed by atoms with Crippen LogP contribution in [0.25, 0.3) is 0 Å². The molecular formula is C8H14N4. The Balaban J connectivity index is 2.57. The van der Waals surface area contributed by atoms with E-state index in [0.29, 0.717) is 17.6 Å². The molecule has 0 aromatic carbocycles. The fraction of sp³-hybridized carbons (Fsp3) is 0.500. The summed E-state index contributed by atoms with van der Waals surface area (Å²) in [7, 11) is 0. The van der Waals surface area contributed by atoms with Crippen LogP contribution in [0.3, 0.4) is 0 Å². The van der Waals surface area contributed by atoms with E-state index in [9.17, 15) is 0 Å². The second kappa shape index (κ2) is 3.90. The predicted octanol–water partition coefficient (Wildman–Crippen LogP) is 1.44. The van der Waals surface area contributed by atoms with Crippen LogP contribution >= 0.6 is 0 Å². The Hall–Kier alpha value is -1.32. The van der Waals surface area contributed by atoms with Gasteiger partial charge in [-0.1, -0.05) is 13.8 Å². The van der Waals surface area contributed by atoms with Crippen LogP contribution in [0.1, 0.15) is 20.3 Å². The summed E-state index contributed by atoms with van der Waals surface area (Å²) in [6.07, 6.45) is 2.47. The smallest absolute Gasteiger partial charge is 0.149 e. The molecule has 1 aromatic heterocycles. The molecular weight excluding hydrogens is 152 g/mol. The molecule has 0 aliphatic heterocycles. The lowest BCUT2D eigenvalue weighted by Gasteiger charge is -2.01. The van der Waals surface area contributed by atoms with Gasteiger partial charge in [0.15, 0.2) is 0 Å². The van der Waals surface area contributed by atoms with Crippen LogP contribution in [0, 0.1) is 5.92 Å². The van der Waals surface area contributed by atoms with E-state index in [0.717, 1.165) is 6.42 Å². The van der Waals surface area contributed by atoms with Gasteiger partial charge in [-0.05, 0) is 5.92 Å². The number of hydrogen-bond donors (Lipinski definition) is 2. The number of H-pyrrole nitrogens is 1. The fourth-order valence-corrected chi connectivity index (χ4v) is 0.929. The zero-order valence-electron chi connectivity index (χ0n) is 7.41. The highest BCUT2D eigenvalue weighted by Crippen LogP contribution is 2.06. The number of amidine groups is 1. The minimum Gasteiger partial charge on any atom is -0.387 e. The van der Waals surface area contributed by atoms with Gasteiger partial charge in [-0.15, -0.1) is 0 Å². The second-order valence-electron chi connectivity index (χ2n) is 3.14. The van der Waals surface area contributed by atoms with E-state index in [4.69, 9.17) is 5.73 Å². The third-order valence-corrected chi connectivity index (χ3v) is 1.37. The van der Waals surface area contributed by atoms with Crippen LogP contribution in [-0.4, -0.2) is 16.0 Å². The van der Waals surface area contributed by atoms with Crippen LogP contribution in [0.15, 0.2) is 17.3 Å². The van der Waals surface area contributed by atoms with Gasteiger partial charge in [0, 0.05) is 12.5 Å². The number of rotatable bonds is 3. The third kappa shape index (κ3) is 2.74. The topological polar surface area (TPSA) is 67.1 Å². The monoisotopic (exact) mass is 166 g/mol. The van der Waals surface area contributed by atoms with E-state index in [1.165, 1.54) is 0 Å². The molecule has 1 heterocycles. The summed E-state index contributed by atoms with van der Waals surface area (Å²) in [5.41, 5.74) is 5.67. The van der Waals surface area contributed by atoms with Crippen LogP contribution < -0.4 is 5.73 Å². The summed E-state index contributed by atoms with van der Waals surface area (Å²) >= 11 is 0. The second-order valence-corrected chi connectivity index (χ2v) is 3.14. The molecule has 1 aromatic rings. The zero-order valence-corrected chi connectivity index (χ0v) is 7.41. The minimum absolute atomic E-state index is 0.539. The van der Waals surface area contributed by atoms with Crippen molar-refractivity contribution in [1.82, 2.24) is 10.2 Å². The number of hydrogen-bond acceptors (Lipinski definition) is 2. The molecule has 4 nitrogen and oxygen atoms in total. The molecule has 0 bridgehead atoms. The number of aliphatic imine (C=N–C) groups is 1. The molecule has 1 rings (SSSR count). The quantitative estimate of drug-likeness (QED) is 0.527. The SMILES string of the molecule is CC(C)C/C(N)=N/c1ccn[nH]1. The van der Waals surface area contributed by atoms with Gasteiger partial charge in [-0.3, -0.25) is 5.10 Å². The Bertz CT molecular complexity index is 248. The van der Waals surface area contributed by atoms with E-state index < -0.39 is 0 Å². The largest absolute Gasteiger partial charge is 0.387 e. The molecule has 0 radical (unpaired) electrons. The lowest BCUT2D eigenvalue weighted by atomic mass is 10.1. The first kappa shape index (κ1) is 8.77. The summed E-state index contributed by atoms with van der Waals surface area (Å²) in [5, 5.41) is 6.49. The molecule has 0 saturated heterocycles. The molecule has 66 valence electrons. The molecule has 0 spiro atoms. The fourth-order valence-electron chi connectivity index (χ4n) is 0.929. The molecule has 0 saturated carbocycles. The van der Waals surface area contributed by atoms with Crippen molar-refractivity contribution in [1.29, 1.82) is 0 Å². The Morgan fingerprint density at radius 1 is 1.75 bits per heavy atom. The standard InChI is InChI=1S/C8H14N4/c1-6(2)5-7(9)11-8-3-4-10-12-8/h3-4,6H,5H2,1-2H3,(H3,9,10,11,12). The molecule has 0 fully saturated rings. The third-order valence-electron chi connectivity index (χ3n) is 1.37. The van der Waals surface area contributed by atoms with Crippen LogP contribution in [-0.2, 0) is 0 Å². The Kier molecular flexibility index (Phi) is 2.85. The lowest BCUT2D eigenvalue weighted by molar-refractivity contribution is 0.681. The maximum Gasteiger partial charge on any atom is 0.149 e. The highest BCUT2D eigenvalue weighted by atomic mass is 15.2. The van der Waals surface area contributed by atoms with Crippen LogP contribution in [0.4, 0.5) is 5.82 Å². The molecule has 4 heteroatoms. The van der Waals surface area contributed by atoms with Gasteiger partial charge >= 0.3 is 0 Å². The molecule has 0 aliphatic carbocycles. The number of nitrogens with zero attached hydrogens (tertiary/aromatic N) is 2. The predicted molar refractivity (Wildman–Crippen MR) is 49.3 cm³/mol. The van der Waals surface area contributed by atoms with E-state index in [2.05, 4.69) is 29.0 Å². The van der Waals surface area contributed by atoms with Gasteiger partial charge in [0.05, 0.1) is 6.20 Å². The Morgan fingerprint density at radius 3 is 3.00 bits per heavy atom. The Morgan fingerprint density at radius 2 is 2.50 bits per heavy atom. The van der Waals surface area contributed by atoms with Crippen LogP contribution in [0.5, 0.6) is 0 Å². The van der Waals surface area contributed by atoms with Crippen molar-refractivity contribution in [3.63, 3.8) is 0 Å². The van der Waals surface area contributed by atoms with Crippen molar-refractivity contribution in [2.24, 2.45) is 16.6 Å². The number of aromatic amines is 1. The zero-order chi connectivity index (χ0) is 8.97. The van der Waals surface area contributed by atoms with Crippen molar-refractivity contribution in [2.45, 2.75) is 20.3 Å². The van der Waals surface area contributed by atoms with Crippen LogP contribution in [0.2, 0.25) is 0 Å². The van der Waals surface area contributed by atoms with Gasteiger partial charge in [0.2, 0.25) is 0 Å². The summed E-state index contributed by atoms with van der Waals surface area (Å²) in [6, 6.07) is 1.78. The summed E-state index contributed by atoms with van der Waals surface area (Å²) in [4.78, 5) is 4.14. The lowest BCUT2D eigenvalue weighted by Crippen LogP contribution is -2.13. The summed E-state index contributed by atoms with van der Waals surface area (Å²) in [5.74, 6) is 1.90.